The summed E-state index contributed by atoms with van der Waals surface area (Å²) in [6.07, 6.45) is 3.89. The molecule has 1 amide bonds. The lowest BCUT2D eigenvalue weighted by Gasteiger charge is -2.41. The summed E-state index contributed by atoms with van der Waals surface area (Å²) < 4.78 is 7.49. The van der Waals surface area contributed by atoms with Gasteiger partial charge in [-0.25, -0.2) is 0 Å². The number of rotatable bonds is 3. The van der Waals surface area contributed by atoms with Crippen LogP contribution in [0.4, 0.5) is 5.69 Å². The first kappa shape index (κ1) is 16.3. The number of carbonyl (C=O) groups is 1. The number of benzene rings is 2. The molecule has 2 aromatic carbocycles. The standard InChI is InChI=1S/C21H21N3O2/c1-22-17-9-5-4-8-16(17)21(25)23(2)20(22)15-12-13-24(14-15)18-10-6-7-11-19(18)26-3/h4-14,20H,1-3H3/t20-/m1/s1. The van der Waals surface area contributed by atoms with Gasteiger partial charge in [0.05, 0.1) is 24.0 Å². The molecule has 0 bridgehead atoms. The Hall–Kier alpha value is -3.21. The van der Waals surface area contributed by atoms with Crippen molar-refractivity contribution in [1.82, 2.24) is 9.47 Å². The lowest BCUT2D eigenvalue weighted by molar-refractivity contribution is 0.0711. The molecule has 26 heavy (non-hydrogen) atoms. The molecule has 1 aliphatic rings. The summed E-state index contributed by atoms with van der Waals surface area (Å²) in [7, 11) is 5.54. The zero-order valence-corrected chi connectivity index (χ0v) is 15.1. The number of aromatic nitrogens is 1. The Morgan fingerprint density at radius 1 is 0.885 bits per heavy atom. The molecule has 0 fully saturated rings. The van der Waals surface area contributed by atoms with Crippen LogP contribution >= 0.6 is 0 Å². The van der Waals surface area contributed by atoms with E-state index in [1.807, 2.05) is 79.5 Å². The molecule has 0 N–H and O–H groups in total. The number of anilines is 1. The van der Waals surface area contributed by atoms with Crippen LogP contribution in [-0.2, 0) is 0 Å². The average Bonchev–Trinajstić information content (AvgIpc) is 3.16. The summed E-state index contributed by atoms with van der Waals surface area (Å²) in [5.74, 6) is 0.843. The maximum Gasteiger partial charge on any atom is 0.257 e. The molecule has 4 rings (SSSR count). The van der Waals surface area contributed by atoms with E-state index in [4.69, 9.17) is 4.74 Å². The van der Waals surface area contributed by atoms with Crippen molar-refractivity contribution in [2.75, 3.05) is 26.1 Å². The Kier molecular flexibility index (Phi) is 3.92. The molecule has 1 atom stereocenters. The summed E-state index contributed by atoms with van der Waals surface area (Å²) in [6, 6.07) is 17.7. The first-order valence-electron chi connectivity index (χ1n) is 8.52. The molecule has 1 aliphatic heterocycles. The highest BCUT2D eigenvalue weighted by Gasteiger charge is 2.34. The van der Waals surface area contributed by atoms with E-state index in [9.17, 15) is 4.79 Å². The molecule has 5 nitrogen and oxygen atoms in total. The number of ether oxygens (including phenoxy) is 1. The number of hydrogen-bond acceptors (Lipinski definition) is 3. The van der Waals surface area contributed by atoms with Crippen molar-refractivity contribution < 1.29 is 9.53 Å². The van der Waals surface area contributed by atoms with Gasteiger partial charge in [0.15, 0.2) is 0 Å². The van der Waals surface area contributed by atoms with Crippen LogP contribution in [0.2, 0.25) is 0 Å². The smallest absolute Gasteiger partial charge is 0.257 e. The van der Waals surface area contributed by atoms with E-state index in [0.29, 0.717) is 0 Å². The van der Waals surface area contributed by atoms with Gasteiger partial charge in [0.1, 0.15) is 11.9 Å². The molecule has 3 aromatic rings. The quantitative estimate of drug-likeness (QED) is 0.725. The highest BCUT2D eigenvalue weighted by molar-refractivity contribution is 6.01. The minimum atomic E-state index is -0.159. The van der Waals surface area contributed by atoms with E-state index in [0.717, 1.165) is 28.3 Å². The lowest BCUT2D eigenvalue weighted by Crippen LogP contribution is -2.45. The third kappa shape index (κ3) is 2.44. The second-order valence-corrected chi connectivity index (χ2v) is 6.44. The summed E-state index contributed by atoms with van der Waals surface area (Å²) >= 11 is 0. The average molecular weight is 347 g/mol. The van der Waals surface area contributed by atoms with Crippen molar-refractivity contribution in [1.29, 1.82) is 0 Å². The Balaban J connectivity index is 1.75. The van der Waals surface area contributed by atoms with Crippen LogP contribution in [0.5, 0.6) is 5.75 Å². The minimum absolute atomic E-state index is 0.0359. The third-order valence-corrected chi connectivity index (χ3v) is 4.95. The summed E-state index contributed by atoms with van der Waals surface area (Å²) in [5.41, 5.74) is 3.70. The maximum absolute atomic E-state index is 12.8. The van der Waals surface area contributed by atoms with Crippen LogP contribution in [0.15, 0.2) is 67.0 Å². The highest BCUT2D eigenvalue weighted by atomic mass is 16.5. The number of amides is 1. The molecule has 1 aromatic heterocycles. The van der Waals surface area contributed by atoms with E-state index in [1.54, 1.807) is 12.0 Å². The van der Waals surface area contributed by atoms with Gasteiger partial charge in [0, 0.05) is 32.1 Å². The second kappa shape index (κ2) is 6.26. The SMILES string of the molecule is COc1ccccc1-n1ccc([C@H]2N(C)C(=O)c3ccccc3N2C)c1. The van der Waals surface area contributed by atoms with Gasteiger partial charge in [0.25, 0.3) is 5.91 Å². The zero-order valence-electron chi connectivity index (χ0n) is 15.1. The molecule has 0 saturated heterocycles. The maximum atomic E-state index is 12.8. The first-order valence-corrected chi connectivity index (χ1v) is 8.52. The predicted octanol–water partition coefficient (Wildman–Crippen LogP) is 3.71. The van der Waals surface area contributed by atoms with Gasteiger partial charge >= 0.3 is 0 Å². The normalized spacial score (nSPS) is 16.6. The van der Waals surface area contributed by atoms with Gasteiger partial charge in [-0.1, -0.05) is 24.3 Å². The molecule has 0 radical (unpaired) electrons. The van der Waals surface area contributed by atoms with Gasteiger partial charge in [-0.3, -0.25) is 4.79 Å². The number of carbonyl (C=O) groups excluding carboxylic acids is 1. The van der Waals surface area contributed by atoms with Gasteiger partial charge in [-0.15, -0.1) is 0 Å². The topological polar surface area (TPSA) is 37.7 Å². The third-order valence-electron chi connectivity index (χ3n) is 4.95. The summed E-state index contributed by atoms with van der Waals surface area (Å²) in [6.45, 7) is 0. The number of para-hydroxylation sites is 3. The van der Waals surface area contributed by atoms with Crippen molar-refractivity contribution in [3.05, 3.63) is 78.1 Å². The molecule has 0 unspecified atom stereocenters. The molecular weight excluding hydrogens is 326 g/mol. The summed E-state index contributed by atoms with van der Waals surface area (Å²) in [5, 5.41) is 0. The molecular formula is C21H21N3O2. The largest absolute Gasteiger partial charge is 0.495 e. The lowest BCUT2D eigenvalue weighted by atomic mass is 10.0. The van der Waals surface area contributed by atoms with Crippen LogP contribution in [0.25, 0.3) is 5.69 Å². The van der Waals surface area contributed by atoms with Gasteiger partial charge in [-0.2, -0.15) is 0 Å². The molecule has 0 spiro atoms. The predicted molar refractivity (Wildman–Crippen MR) is 102 cm³/mol. The van der Waals surface area contributed by atoms with Gasteiger partial charge in [0.2, 0.25) is 0 Å². The fourth-order valence-electron chi connectivity index (χ4n) is 3.66. The van der Waals surface area contributed by atoms with Crippen molar-refractivity contribution in [2.45, 2.75) is 6.17 Å². The highest BCUT2D eigenvalue weighted by Crippen LogP contribution is 2.37. The fraction of sp³-hybridized carbons (Fsp3) is 0.190. The fourth-order valence-corrected chi connectivity index (χ4v) is 3.66. The van der Waals surface area contributed by atoms with E-state index in [-0.39, 0.29) is 12.1 Å². The summed E-state index contributed by atoms with van der Waals surface area (Å²) in [4.78, 5) is 16.7. The van der Waals surface area contributed by atoms with E-state index in [2.05, 4.69) is 11.1 Å². The molecule has 2 heterocycles. The van der Waals surface area contributed by atoms with Gasteiger partial charge in [-0.05, 0) is 30.3 Å². The van der Waals surface area contributed by atoms with E-state index < -0.39 is 0 Å². The Labute approximate surface area is 153 Å². The van der Waals surface area contributed by atoms with Crippen molar-refractivity contribution in [3.8, 4) is 11.4 Å². The van der Waals surface area contributed by atoms with Crippen molar-refractivity contribution >= 4 is 11.6 Å². The molecule has 0 aliphatic carbocycles. The monoisotopic (exact) mass is 347 g/mol. The van der Waals surface area contributed by atoms with Crippen LogP contribution in [0.3, 0.4) is 0 Å². The zero-order chi connectivity index (χ0) is 18.3. The van der Waals surface area contributed by atoms with E-state index in [1.165, 1.54) is 0 Å². The number of methoxy groups -OCH3 is 1. The van der Waals surface area contributed by atoms with Crippen molar-refractivity contribution in [2.24, 2.45) is 0 Å². The van der Waals surface area contributed by atoms with E-state index >= 15 is 0 Å². The number of hydrogen-bond donors (Lipinski definition) is 0. The number of nitrogens with zero attached hydrogens (tertiary/aromatic N) is 3. The molecule has 132 valence electrons. The number of fused-ring (bicyclic) bond motifs is 1. The Morgan fingerprint density at radius 3 is 2.35 bits per heavy atom. The molecule has 0 saturated carbocycles. The van der Waals surface area contributed by atoms with Crippen LogP contribution in [0.1, 0.15) is 22.1 Å². The minimum Gasteiger partial charge on any atom is -0.495 e. The van der Waals surface area contributed by atoms with Crippen LogP contribution < -0.4 is 9.64 Å². The van der Waals surface area contributed by atoms with Gasteiger partial charge < -0.3 is 19.1 Å². The Morgan fingerprint density at radius 2 is 1.58 bits per heavy atom. The first-order chi connectivity index (χ1) is 12.6. The van der Waals surface area contributed by atoms with Crippen LogP contribution in [-0.4, -0.2) is 36.6 Å². The van der Waals surface area contributed by atoms with Crippen LogP contribution in [0, 0.1) is 0 Å². The Bertz CT molecular complexity index is 963. The van der Waals surface area contributed by atoms with Crippen molar-refractivity contribution in [3.63, 3.8) is 0 Å². The second-order valence-electron chi connectivity index (χ2n) is 6.44. The molecule has 5 heteroatoms.